The van der Waals surface area contributed by atoms with Gasteiger partial charge in [-0.1, -0.05) is 13.8 Å². The Labute approximate surface area is 178 Å². The van der Waals surface area contributed by atoms with Crippen molar-refractivity contribution in [3.8, 4) is 0 Å². The minimum atomic E-state index is -0.321. The van der Waals surface area contributed by atoms with Crippen LogP contribution >= 0.6 is 11.3 Å². The molecule has 2 aliphatic heterocycles. The Morgan fingerprint density at radius 2 is 2.10 bits per heavy atom. The zero-order valence-electron chi connectivity index (χ0n) is 17.4. The second kappa shape index (κ2) is 7.31. The van der Waals surface area contributed by atoms with E-state index in [1.54, 1.807) is 10.8 Å². The summed E-state index contributed by atoms with van der Waals surface area (Å²) in [6.07, 6.45) is 4.23. The number of aromatic nitrogens is 4. The maximum absolute atomic E-state index is 12.0. The summed E-state index contributed by atoms with van der Waals surface area (Å²) in [5, 5.41) is 13.0. The van der Waals surface area contributed by atoms with Crippen molar-refractivity contribution in [1.29, 1.82) is 0 Å². The maximum Gasteiger partial charge on any atom is 0.348 e. The number of methoxy groups -OCH3 is 1. The second-order valence-electron chi connectivity index (χ2n) is 8.24. The number of thiophene rings is 1. The van der Waals surface area contributed by atoms with Gasteiger partial charge in [0.2, 0.25) is 5.65 Å². The molecule has 0 amide bonds. The second-order valence-corrected chi connectivity index (χ2v) is 9.30. The Morgan fingerprint density at radius 1 is 1.30 bits per heavy atom. The molecule has 2 aliphatic rings. The third kappa shape index (κ3) is 3.07. The van der Waals surface area contributed by atoms with E-state index >= 15 is 0 Å². The lowest BCUT2D eigenvalue weighted by Crippen LogP contribution is -2.46. The Kier molecular flexibility index (Phi) is 4.74. The summed E-state index contributed by atoms with van der Waals surface area (Å²) in [6.45, 7) is 6.65. The molecule has 30 heavy (non-hydrogen) atoms. The number of rotatable bonds is 3. The number of ether oxygens (including phenoxy) is 2. The van der Waals surface area contributed by atoms with E-state index in [-0.39, 0.29) is 11.6 Å². The van der Waals surface area contributed by atoms with Crippen LogP contribution < -0.4 is 4.90 Å². The lowest BCUT2D eigenvalue weighted by Gasteiger charge is -2.44. The van der Waals surface area contributed by atoms with Crippen LogP contribution in [0, 0.1) is 0 Å². The molecule has 0 radical (unpaired) electrons. The molecule has 0 unspecified atom stereocenters. The highest BCUT2D eigenvalue weighted by Crippen LogP contribution is 2.46. The minimum Gasteiger partial charge on any atom is -0.465 e. The fourth-order valence-corrected chi connectivity index (χ4v) is 5.78. The van der Waals surface area contributed by atoms with Crippen molar-refractivity contribution in [2.24, 2.45) is 0 Å². The molecule has 1 saturated heterocycles. The largest absolute Gasteiger partial charge is 0.465 e. The summed E-state index contributed by atoms with van der Waals surface area (Å²) in [5.41, 5.74) is 3.78. The first kappa shape index (κ1) is 19.4. The SMILES string of the molecule is COC(=O)c1cc2c(s1)C1(CCN(c3cc(C(C)C)nn4cnnc34)CC1)OCC2. The summed E-state index contributed by atoms with van der Waals surface area (Å²) in [4.78, 5) is 16.3. The van der Waals surface area contributed by atoms with E-state index < -0.39 is 0 Å². The van der Waals surface area contributed by atoms with Gasteiger partial charge in [-0.05, 0) is 42.9 Å². The summed E-state index contributed by atoms with van der Waals surface area (Å²) >= 11 is 1.53. The van der Waals surface area contributed by atoms with Gasteiger partial charge in [0, 0.05) is 18.0 Å². The predicted octanol–water partition coefficient (Wildman–Crippen LogP) is 3.16. The van der Waals surface area contributed by atoms with Crippen LogP contribution in [-0.4, -0.2) is 52.6 Å². The van der Waals surface area contributed by atoms with Crippen LogP contribution in [0.1, 0.15) is 58.4 Å². The Hall–Kier alpha value is -2.52. The highest BCUT2D eigenvalue weighted by molar-refractivity contribution is 7.14. The third-order valence-electron chi connectivity index (χ3n) is 6.13. The van der Waals surface area contributed by atoms with E-state index in [9.17, 15) is 4.79 Å². The van der Waals surface area contributed by atoms with Gasteiger partial charge in [-0.2, -0.15) is 9.61 Å². The molecule has 3 aromatic heterocycles. The third-order valence-corrected chi connectivity index (χ3v) is 7.47. The molecular formula is C21H25N5O3S. The molecule has 5 heterocycles. The van der Waals surface area contributed by atoms with Crippen molar-refractivity contribution in [3.63, 3.8) is 0 Å². The van der Waals surface area contributed by atoms with Gasteiger partial charge in [-0.3, -0.25) is 0 Å². The van der Waals surface area contributed by atoms with Gasteiger partial charge in [0.15, 0.2) is 0 Å². The summed E-state index contributed by atoms with van der Waals surface area (Å²) in [5.74, 6) is 0.0490. The van der Waals surface area contributed by atoms with Crippen molar-refractivity contribution < 1.29 is 14.3 Å². The zero-order valence-corrected chi connectivity index (χ0v) is 18.2. The van der Waals surface area contributed by atoms with E-state index in [4.69, 9.17) is 9.47 Å². The van der Waals surface area contributed by atoms with Gasteiger partial charge in [0.05, 0.1) is 25.1 Å². The van der Waals surface area contributed by atoms with Crippen molar-refractivity contribution in [1.82, 2.24) is 19.8 Å². The lowest BCUT2D eigenvalue weighted by molar-refractivity contribution is -0.0734. The molecular weight excluding hydrogens is 402 g/mol. The van der Waals surface area contributed by atoms with Crippen LogP contribution in [-0.2, 0) is 21.5 Å². The molecule has 1 spiro atoms. The van der Waals surface area contributed by atoms with E-state index in [0.717, 1.165) is 49.4 Å². The smallest absolute Gasteiger partial charge is 0.348 e. The van der Waals surface area contributed by atoms with Gasteiger partial charge in [0.1, 0.15) is 16.8 Å². The van der Waals surface area contributed by atoms with E-state index in [0.29, 0.717) is 17.4 Å². The molecule has 3 aromatic rings. The number of hydrogen-bond donors (Lipinski definition) is 0. The van der Waals surface area contributed by atoms with Crippen molar-refractivity contribution in [2.75, 3.05) is 31.7 Å². The number of carbonyl (C=O) groups excluding carboxylic acids is 1. The van der Waals surface area contributed by atoms with Crippen LogP contribution in [0.2, 0.25) is 0 Å². The predicted molar refractivity (Wildman–Crippen MR) is 113 cm³/mol. The molecule has 158 valence electrons. The van der Waals surface area contributed by atoms with Crippen molar-refractivity contribution in [3.05, 3.63) is 39.5 Å². The molecule has 5 rings (SSSR count). The average Bonchev–Trinajstić information content (AvgIpc) is 3.41. The van der Waals surface area contributed by atoms with Gasteiger partial charge < -0.3 is 14.4 Å². The van der Waals surface area contributed by atoms with Crippen LogP contribution in [0.25, 0.3) is 5.65 Å². The topological polar surface area (TPSA) is 81.9 Å². The molecule has 0 atom stereocenters. The number of anilines is 1. The number of nitrogens with zero attached hydrogens (tertiary/aromatic N) is 5. The highest BCUT2D eigenvalue weighted by atomic mass is 32.1. The number of carbonyl (C=O) groups is 1. The zero-order chi connectivity index (χ0) is 20.9. The molecule has 1 fully saturated rings. The molecule has 0 N–H and O–H groups in total. The van der Waals surface area contributed by atoms with Crippen molar-refractivity contribution in [2.45, 2.75) is 44.6 Å². The first-order valence-electron chi connectivity index (χ1n) is 10.3. The highest BCUT2D eigenvalue weighted by Gasteiger charge is 2.43. The summed E-state index contributed by atoms with van der Waals surface area (Å²) in [7, 11) is 1.43. The average molecular weight is 428 g/mol. The Morgan fingerprint density at radius 3 is 2.83 bits per heavy atom. The molecule has 0 saturated carbocycles. The molecule has 0 aliphatic carbocycles. The van der Waals surface area contributed by atoms with Crippen molar-refractivity contribution >= 4 is 28.6 Å². The van der Waals surface area contributed by atoms with Crippen LogP contribution in [0.3, 0.4) is 0 Å². The van der Waals surface area contributed by atoms with Gasteiger partial charge >= 0.3 is 5.97 Å². The molecule has 8 nitrogen and oxygen atoms in total. The quantitative estimate of drug-likeness (QED) is 0.594. The van der Waals surface area contributed by atoms with Crippen LogP contribution in [0.4, 0.5) is 5.69 Å². The van der Waals surface area contributed by atoms with Gasteiger partial charge in [-0.25, -0.2) is 4.79 Å². The first-order valence-corrected chi connectivity index (χ1v) is 11.1. The fraction of sp³-hybridized carbons (Fsp3) is 0.524. The normalized spacial score (nSPS) is 18.2. The van der Waals surface area contributed by atoms with Gasteiger partial charge in [-0.15, -0.1) is 21.5 Å². The van der Waals surface area contributed by atoms with E-state index in [1.807, 2.05) is 6.07 Å². The Bertz CT molecular complexity index is 1100. The summed E-state index contributed by atoms with van der Waals surface area (Å²) < 4.78 is 13.1. The standard InChI is InChI=1S/C21H25N5O3S/c1-13(2)15-11-16(19-23-22-12-26(19)24-15)25-7-5-21(6-8-25)18-14(4-9-29-21)10-17(30-18)20(27)28-3/h10-13H,4-9H2,1-3H3. The Balaban J connectivity index is 1.44. The van der Waals surface area contributed by atoms with Crippen LogP contribution in [0.15, 0.2) is 18.5 Å². The molecule has 9 heteroatoms. The number of piperidine rings is 1. The van der Waals surface area contributed by atoms with Gasteiger partial charge in [0.25, 0.3) is 0 Å². The number of hydrogen-bond acceptors (Lipinski definition) is 8. The minimum absolute atomic E-state index is 0.269. The molecule has 0 aromatic carbocycles. The number of fused-ring (bicyclic) bond motifs is 3. The number of esters is 1. The van der Waals surface area contributed by atoms with Crippen LogP contribution in [0.5, 0.6) is 0 Å². The monoisotopic (exact) mass is 427 g/mol. The van der Waals surface area contributed by atoms with E-state index in [2.05, 4.69) is 40.1 Å². The lowest BCUT2D eigenvalue weighted by atomic mass is 9.85. The first-order chi connectivity index (χ1) is 14.5. The fourth-order valence-electron chi connectivity index (χ4n) is 4.45. The maximum atomic E-state index is 12.0. The molecule has 0 bridgehead atoms. The van der Waals surface area contributed by atoms with E-state index in [1.165, 1.54) is 28.9 Å². The summed E-state index contributed by atoms with van der Waals surface area (Å²) in [6, 6.07) is 4.13.